The minimum Gasteiger partial charge on any atom is -0.480 e. The Morgan fingerprint density at radius 3 is 2.61 bits per heavy atom. The number of aliphatic carboxylic acids is 1. The predicted octanol–water partition coefficient (Wildman–Crippen LogP) is 2.52. The highest BCUT2D eigenvalue weighted by Crippen LogP contribution is 2.23. The molecule has 2 aromatic rings. The number of likely N-dealkylation sites (tertiary alicyclic amines) is 1. The smallest absolute Gasteiger partial charge is 0.326 e. The SMILES string of the molecule is CSCC[C@H](NC(=O)CN(Cc1cccc2ccccc12)C[C@@H]1CCCN1C(=O)CN(C)C)C(=O)O. The molecule has 2 N–H and O–H groups in total. The number of fused-ring (bicyclic) bond motifs is 1. The van der Waals surface area contributed by atoms with Crippen molar-refractivity contribution in [2.45, 2.75) is 37.9 Å². The number of nitrogens with zero attached hydrogens (tertiary/aromatic N) is 3. The molecule has 196 valence electrons. The van der Waals surface area contributed by atoms with Crippen molar-refractivity contribution in [2.75, 3.05) is 52.3 Å². The monoisotopic (exact) mass is 514 g/mol. The van der Waals surface area contributed by atoms with E-state index >= 15 is 0 Å². The van der Waals surface area contributed by atoms with Gasteiger partial charge in [0.25, 0.3) is 0 Å². The van der Waals surface area contributed by atoms with Crippen LogP contribution < -0.4 is 5.32 Å². The maximum Gasteiger partial charge on any atom is 0.326 e. The van der Waals surface area contributed by atoms with Crippen molar-refractivity contribution in [1.29, 1.82) is 0 Å². The molecule has 1 saturated heterocycles. The summed E-state index contributed by atoms with van der Waals surface area (Å²) in [6, 6.07) is 13.4. The van der Waals surface area contributed by atoms with Gasteiger partial charge in [-0.1, -0.05) is 42.5 Å². The fourth-order valence-electron chi connectivity index (χ4n) is 4.81. The number of carbonyl (C=O) groups is 3. The fraction of sp³-hybridized carbons (Fsp3) is 0.519. The summed E-state index contributed by atoms with van der Waals surface area (Å²) in [6.45, 7) is 2.23. The second kappa shape index (κ2) is 13.6. The lowest BCUT2D eigenvalue weighted by atomic mass is 10.0. The number of hydrogen-bond acceptors (Lipinski definition) is 6. The first kappa shape index (κ1) is 28.0. The largest absolute Gasteiger partial charge is 0.480 e. The van der Waals surface area contributed by atoms with Gasteiger partial charge in [-0.3, -0.25) is 14.5 Å². The van der Waals surface area contributed by atoms with Gasteiger partial charge in [0.1, 0.15) is 6.04 Å². The van der Waals surface area contributed by atoms with E-state index < -0.39 is 12.0 Å². The summed E-state index contributed by atoms with van der Waals surface area (Å²) in [7, 11) is 3.77. The van der Waals surface area contributed by atoms with E-state index in [9.17, 15) is 19.5 Å². The third kappa shape index (κ3) is 7.94. The van der Waals surface area contributed by atoms with Gasteiger partial charge >= 0.3 is 5.97 Å². The van der Waals surface area contributed by atoms with Crippen LogP contribution in [0.1, 0.15) is 24.8 Å². The third-order valence-electron chi connectivity index (χ3n) is 6.50. The van der Waals surface area contributed by atoms with Gasteiger partial charge in [0.15, 0.2) is 0 Å². The number of likely N-dealkylation sites (N-methyl/N-ethyl adjacent to an activating group) is 1. The molecule has 0 aromatic heterocycles. The van der Waals surface area contributed by atoms with Crippen molar-refractivity contribution in [3.63, 3.8) is 0 Å². The molecule has 1 aliphatic rings. The first-order chi connectivity index (χ1) is 17.3. The summed E-state index contributed by atoms with van der Waals surface area (Å²) in [5.41, 5.74) is 1.10. The van der Waals surface area contributed by atoms with Gasteiger partial charge in [-0.25, -0.2) is 4.79 Å². The van der Waals surface area contributed by atoms with Gasteiger partial charge in [-0.15, -0.1) is 0 Å². The van der Waals surface area contributed by atoms with E-state index in [0.717, 1.165) is 35.7 Å². The van der Waals surface area contributed by atoms with Gasteiger partial charge in [0.05, 0.1) is 13.1 Å². The minimum atomic E-state index is -1.02. The molecule has 8 nitrogen and oxygen atoms in total. The summed E-state index contributed by atoms with van der Waals surface area (Å²) >= 11 is 1.55. The van der Waals surface area contributed by atoms with Crippen LogP contribution in [-0.2, 0) is 20.9 Å². The standard InChI is InChI=1S/C27H38N4O4S/c1-29(2)19-26(33)31-14-7-11-22(31)17-30(18-25(32)28-24(27(34)35)13-15-36-3)16-21-10-6-9-20-8-4-5-12-23(20)21/h4-6,8-10,12,22,24H,7,11,13-19H2,1-3H3,(H,28,32)(H,34,35)/t22-,24-/m0/s1. The molecular formula is C27H38N4O4S. The van der Waals surface area contributed by atoms with E-state index in [1.165, 1.54) is 0 Å². The third-order valence-corrected chi connectivity index (χ3v) is 7.15. The van der Waals surface area contributed by atoms with Crippen molar-refractivity contribution < 1.29 is 19.5 Å². The van der Waals surface area contributed by atoms with Crippen LogP contribution in [0.2, 0.25) is 0 Å². The van der Waals surface area contributed by atoms with Crippen LogP contribution in [0, 0.1) is 0 Å². The maximum absolute atomic E-state index is 13.0. The summed E-state index contributed by atoms with van der Waals surface area (Å²) in [5, 5.41) is 14.5. The van der Waals surface area contributed by atoms with Crippen molar-refractivity contribution in [3.05, 3.63) is 48.0 Å². The second-order valence-electron chi connectivity index (χ2n) is 9.67. The molecular weight excluding hydrogens is 476 g/mol. The van der Waals surface area contributed by atoms with Crippen LogP contribution in [0.15, 0.2) is 42.5 Å². The van der Waals surface area contributed by atoms with Gasteiger partial charge in [0.2, 0.25) is 11.8 Å². The Bertz CT molecular complexity index is 1040. The minimum absolute atomic E-state index is 0.0204. The van der Waals surface area contributed by atoms with Crippen molar-refractivity contribution in [1.82, 2.24) is 20.0 Å². The molecule has 0 spiro atoms. The summed E-state index contributed by atoms with van der Waals surface area (Å²) in [5.74, 6) is -0.579. The van der Waals surface area contributed by atoms with Crippen LogP contribution in [-0.4, -0.2) is 102 Å². The van der Waals surface area contributed by atoms with Crippen LogP contribution in [0.5, 0.6) is 0 Å². The quantitative estimate of drug-likeness (QED) is 0.424. The molecule has 1 heterocycles. The van der Waals surface area contributed by atoms with Crippen LogP contribution >= 0.6 is 11.8 Å². The zero-order chi connectivity index (χ0) is 26.1. The Morgan fingerprint density at radius 2 is 1.89 bits per heavy atom. The molecule has 0 bridgehead atoms. The summed E-state index contributed by atoms with van der Waals surface area (Å²) < 4.78 is 0. The molecule has 9 heteroatoms. The Labute approximate surface area is 218 Å². The van der Waals surface area contributed by atoms with Gasteiger partial charge in [-0.2, -0.15) is 11.8 Å². The van der Waals surface area contributed by atoms with Crippen LogP contribution in [0.4, 0.5) is 0 Å². The van der Waals surface area contributed by atoms with Crippen LogP contribution in [0.25, 0.3) is 10.8 Å². The highest BCUT2D eigenvalue weighted by atomic mass is 32.2. The Balaban J connectivity index is 1.79. The number of amides is 2. The fourth-order valence-corrected chi connectivity index (χ4v) is 5.28. The van der Waals surface area contributed by atoms with Gasteiger partial charge in [-0.05, 0) is 61.7 Å². The summed E-state index contributed by atoms with van der Waals surface area (Å²) in [6.07, 6.45) is 4.12. The average Bonchev–Trinajstić information content (AvgIpc) is 3.29. The average molecular weight is 515 g/mol. The lowest BCUT2D eigenvalue weighted by Crippen LogP contribution is -2.49. The molecule has 1 aliphatic heterocycles. The second-order valence-corrected chi connectivity index (χ2v) is 10.7. The molecule has 2 aromatic carbocycles. The molecule has 36 heavy (non-hydrogen) atoms. The molecule has 3 rings (SSSR count). The maximum atomic E-state index is 13.0. The number of nitrogens with one attached hydrogen (secondary N) is 1. The lowest BCUT2D eigenvalue weighted by molar-refractivity contribution is -0.142. The van der Waals surface area contributed by atoms with E-state index in [4.69, 9.17) is 0 Å². The molecule has 2 amide bonds. The zero-order valence-electron chi connectivity index (χ0n) is 21.5. The normalized spacial score (nSPS) is 16.6. The number of thioether (sulfide) groups is 1. The number of carboxylic acids is 1. The molecule has 0 saturated carbocycles. The Morgan fingerprint density at radius 1 is 1.14 bits per heavy atom. The highest BCUT2D eigenvalue weighted by molar-refractivity contribution is 7.98. The van der Waals surface area contributed by atoms with E-state index in [-0.39, 0.29) is 24.4 Å². The highest BCUT2D eigenvalue weighted by Gasteiger charge is 2.31. The van der Waals surface area contributed by atoms with Crippen molar-refractivity contribution >= 4 is 40.3 Å². The first-order valence-electron chi connectivity index (χ1n) is 12.4. The molecule has 0 radical (unpaired) electrons. The van der Waals surface area contributed by atoms with Gasteiger partial charge < -0.3 is 20.2 Å². The van der Waals surface area contributed by atoms with Crippen molar-refractivity contribution in [2.24, 2.45) is 0 Å². The van der Waals surface area contributed by atoms with Crippen LogP contribution in [0.3, 0.4) is 0 Å². The summed E-state index contributed by atoms with van der Waals surface area (Å²) in [4.78, 5) is 43.4. The Hall–Kier alpha value is -2.62. The zero-order valence-corrected chi connectivity index (χ0v) is 22.3. The lowest BCUT2D eigenvalue weighted by Gasteiger charge is -2.32. The van der Waals surface area contributed by atoms with E-state index in [1.54, 1.807) is 11.8 Å². The van der Waals surface area contributed by atoms with E-state index in [1.807, 2.05) is 48.4 Å². The predicted molar refractivity (Wildman–Crippen MR) is 145 cm³/mol. The van der Waals surface area contributed by atoms with E-state index in [2.05, 4.69) is 34.5 Å². The number of benzene rings is 2. The Kier molecular flexibility index (Phi) is 10.6. The first-order valence-corrected chi connectivity index (χ1v) is 13.8. The molecule has 0 unspecified atom stereocenters. The van der Waals surface area contributed by atoms with E-state index in [0.29, 0.717) is 31.8 Å². The molecule has 1 fully saturated rings. The number of carboxylic acid groups (broad SMARTS) is 1. The van der Waals surface area contributed by atoms with Crippen molar-refractivity contribution in [3.8, 4) is 0 Å². The number of rotatable bonds is 13. The molecule has 0 aliphatic carbocycles. The molecule has 2 atom stereocenters. The topological polar surface area (TPSA) is 93.2 Å². The number of hydrogen-bond donors (Lipinski definition) is 2. The van der Waals surface area contributed by atoms with Gasteiger partial charge in [0, 0.05) is 25.7 Å². The number of carbonyl (C=O) groups excluding carboxylic acids is 2.